The highest BCUT2D eigenvalue weighted by Crippen LogP contribution is 2.36. The van der Waals surface area contributed by atoms with Crippen LogP contribution in [0.15, 0.2) is 42.5 Å². The van der Waals surface area contributed by atoms with E-state index in [2.05, 4.69) is 5.32 Å². The predicted octanol–water partition coefficient (Wildman–Crippen LogP) is 4.78. The second-order valence-electron chi connectivity index (χ2n) is 5.97. The Morgan fingerprint density at radius 1 is 1.15 bits per heavy atom. The Balaban J connectivity index is 2.01. The van der Waals surface area contributed by atoms with Crippen LogP contribution >= 0.6 is 11.6 Å². The largest absolute Gasteiger partial charge is 0.452 e. The van der Waals surface area contributed by atoms with Crippen LogP contribution in [0.5, 0.6) is 0 Å². The van der Waals surface area contributed by atoms with E-state index in [1.807, 2.05) is 19.1 Å². The molecule has 1 amide bonds. The summed E-state index contributed by atoms with van der Waals surface area (Å²) in [5.41, 5.74) is 0.193. The molecule has 0 aliphatic rings. The van der Waals surface area contributed by atoms with Crippen LogP contribution in [0.4, 0.5) is 18.9 Å². The number of hydrogen-bond acceptors (Lipinski definition) is 3. The van der Waals surface area contributed by atoms with Gasteiger partial charge in [0.05, 0.1) is 17.7 Å². The van der Waals surface area contributed by atoms with Gasteiger partial charge in [0.25, 0.3) is 5.91 Å². The van der Waals surface area contributed by atoms with Crippen molar-refractivity contribution in [2.45, 2.75) is 32.5 Å². The average molecular weight is 400 g/mol. The Morgan fingerprint density at radius 2 is 1.78 bits per heavy atom. The fourth-order valence-electron chi connectivity index (χ4n) is 2.26. The molecule has 0 radical (unpaired) electrons. The fourth-order valence-corrected chi connectivity index (χ4v) is 2.43. The number of carbonyl (C=O) groups excluding carboxylic acids is 2. The lowest BCUT2D eigenvalue weighted by Crippen LogP contribution is -2.31. The molecule has 0 aliphatic heterocycles. The number of hydrogen-bond donors (Lipinski definition) is 1. The smallest absolute Gasteiger partial charge is 0.418 e. The molecule has 1 atom stereocenters. The average Bonchev–Trinajstić information content (AvgIpc) is 2.57. The number of aryl methyl sites for hydroxylation is 1. The summed E-state index contributed by atoms with van der Waals surface area (Å²) in [5, 5.41) is 2.01. The summed E-state index contributed by atoms with van der Waals surface area (Å²) in [6.07, 6.45) is -6.01. The maximum Gasteiger partial charge on any atom is 0.418 e. The minimum atomic E-state index is -4.70. The molecule has 0 heterocycles. The molecule has 0 bridgehead atoms. The number of ether oxygens (including phenoxy) is 1. The number of anilines is 1. The molecule has 0 saturated carbocycles. The molecule has 2 aromatic rings. The molecule has 4 nitrogen and oxygen atoms in total. The van der Waals surface area contributed by atoms with Gasteiger partial charge in [0.2, 0.25) is 0 Å². The van der Waals surface area contributed by atoms with Gasteiger partial charge in [0.1, 0.15) is 0 Å². The second kappa shape index (κ2) is 8.43. The molecule has 8 heteroatoms. The lowest BCUT2D eigenvalue weighted by Gasteiger charge is -2.17. The zero-order chi connectivity index (χ0) is 20.2. The summed E-state index contributed by atoms with van der Waals surface area (Å²) in [6, 6.07) is 10.2. The first-order chi connectivity index (χ1) is 12.6. The van der Waals surface area contributed by atoms with E-state index < -0.39 is 35.4 Å². The minimum Gasteiger partial charge on any atom is -0.452 e. The highest BCUT2D eigenvalue weighted by Gasteiger charge is 2.34. The van der Waals surface area contributed by atoms with E-state index in [9.17, 15) is 22.8 Å². The number of alkyl halides is 3. The molecular formula is C19H17ClF3NO3. The van der Waals surface area contributed by atoms with Gasteiger partial charge < -0.3 is 10.1 Å². The number of benzene rings is 2. The fraction of sp³-hybridized carbons (Fsp3) is 0.263. The van der Waals surface area contributed by atoms with E-state index in [-0.39, 0.29) is 11.4 Å². The number of rotatable bonds is 5. The summed E-state index contributed by atoms with van der Waals surface area (Å²) in [7, 11) is 0. The Labute approximate surface area is 159 Å². The van der Waals surface area contributed by atoms with Crippen LogP contribution in [0.25, 0.3) is 0 Å². The molecule has 0 spiro atoms. The van der Waals surface area contributed by atoms with Crippen molar-refractivity contribution in [2.24, 2.45) is 0 Å². The zero-order valence-corrected chi connectivity index (χ0v) is 15.3. The van der Waals surface area contributed by atoms with Crippen LogP contribution in [0.3, 0.4) is 0 Å². The number of esters is 1. The highest BCUT2D eigenvalue weighted by molar-refractivity contribution is 6.30. The summed E-state index contributed by atoms with van der Waals surface area (Å²) in [6.45, 7) is 3.19. The van der Waals surface area contributed by atoms with E-state index in [0.717, 1.165) is 11.6 Å². The van der Waals surface area contributed by atoms with Crippen molar-refractivity contribution >= 4 is 29.2 Å². The molecule has 0 saturated heterocycles. The van der Waals surface area contributed by atoms with Gasteiger partial charge >= 0.3 is 12.1 Å². The van der Waals surface area contributed by atoms with E-state index in [1.54, 1.807) is 12.1 Å². The van der Waals surface area contributed by atoms with Gasteiger partial charge in [-0.2, -0.15) is 13.2 Å². The number of nitrogens with one attached hydrogen (secondary N) is 1. The molecule has 144 valence electrons. The zero-order valence-electron chi connectivity index (χ0n) is 14.6. The third-order valence-corrected chi connectivity index (χ3v) is 3.93. The second-order valence-corrected chi connectivity index (χ2v) is 6.41. The third-order valence-electron chi connectivity index (χ3n) is 3.69. The van der Waals surface area contributed by atoms with Gasteiger partial charge in [0.15, 0.2) is 6.10 Å². The SMILES string of the molecule is Cc1ccc(CC(=O)O[C@H](C)C(=O)Nc2ccc(Cl)cc2C(F)(F)F)cc1. The molecule has 0 fully saturated rings. The first-order valence-corrected chi connectivity index (χ1v) is 8.36. The van der Waals surface area contributed by atoms with Gasteiger partial charge in [-0.25, -0.2) is 0 Å². The van der Waals surface area contributed by atoms with E-state index in [1.165, 1.54) is 13.0 Å². The van der Waals surface area contributed by atoms with Crippen LogP contribution in [0, 0.1) is 6.92 Å². The highest BCUT2D eigenvalue weighted by atomic mass is 35.5. The van der Waals surface area contributed by atoms with Crippen LogP contribution in [-0.2, 0) is 26.9 Å². The van der Waals surface area contributed by atoms with Crippen LogP contribution in [0.1, 0.15) is 23.6 Å². The third kappa shape index (κ3) is 5.99. The Bertz CT molecular complexity index is 835. The van der Waals surface area contributed by atoms with Gasteiger partial charge in [-0.15, -0.1) is 0 Å². The summed E-state index contributed by atoms with van der Waals surface area (Å²) in [5.74, 6) is -1.53. The standard InChI is InChI=1S/C19H17ClF3NO3/c1-11-3-5-13(6-4-11)9-17(25)27-12(2)18(26)24-16-8-7-14(20)10-15(16)19(21,22)23/h3-8,10,12H,9H2,1-2H3,(H,24,26)/t12-/m1/s1. The predicted molar refractivity (Wildman–Crippen MR) is 95.5 cm³/mol. The number of halogens is 4. The molecule has 2 aromatic carbocycles. The lowest BCUT2D eigenvalue weighted by atomic mass is 10.1. The van der Waals surface area contributed by atoms with E-state index >= 15 is 0 Å². The van der Waals surface area contributed by atoms with Gasteiger partial charge in [-0.1, -0.05) is 41.4 Å². The van der Waals surface area contributed by atoms with Crippen LogP contribution < -0.4 is 5.32 Å². The summed E-state index contributed by atoms with van der Waals surface area (Å²) < 4.78 is 44.2. The topological polar surface area (TPSA) is 55.4 Å². The maximum atomic E-state index is 13.1. The Morgan fingerprint density at radius 3 is 2.37 bits per heavy atom. The van der Waals surface area contributed by atoms with Gasteiger partial charge in [-0.3, -0.25) is 9.59 Å². The molecule has 0 aliphatic carbocycles. The molecule has 27 heavy (non-hydrogen) atoms. The Hall–Kier alpha value is -2.54. The van der Waals surface area contributed by atoms with Crippen molar-refractivity contribution in [3.8, 4) is 0 Å². The minimum absolute atomic E-state index is 0.0490. The Kier molecular flexibility index (Phi) is 6.49. The molecule has 2 rings (SSSR count). The number of amides is 1. The summed E-state index contributed by atoms with van der Waals surface area (Å²) >= 11 is 5.60. The van der Waals surface area contributed by atoms with E-state index in [0.29, 0.717) is 11.6 Å². The summed E-state index contributed by atoms with van der Waals surface area (Å²) in [4.78, 5) is 24.1. The molecular weight excluding hydrogens is 383 g/mol. The maximum absolute atomic E-state index is 13.1. The quantitative estimate of drug-likeness (QED) is 0.736. The van der Waals surface area contributed by atoms with Crippen molar-refractivity contribution < 1.29 is 27.5 Å². The van der Waals surface area contributed by atoms with Crippen molar-refractivity contribution in [3.05, 3.63) is 64.2 Å². The van der Waals surface area contributed by atoms with Gasteiger partial charge in [0, 0.05) is 5.02 Å². The first-order valence-electron chi connectivity index (χ1n) is 7.99. The van der Waals surface area contributed by atoms with Gasteiger partial charge in [-0.05, 0) is 37.6 Å². The monoisotopic (exact) mass is 399 g/mol. The molecule has 1 N–H and O–H groups in total. The first kappa shape index (κ1) is 20.8. The van der Waals surface area contributed by atoms with E-state index in [4.69, 9.17) is 16.3 Å². The lowest BCUT2D eigenvalue weighted by molar-refractivity contribution is -0.152. The van der Waals surface area contributed by atoms with Crippen LogP contribution in [0.2, 0.25) is 5.02 Å². The van der Waals surface area contributed by atoms with Crippen molar-refractivity contribution in [1.82, 2.24) is 0 Å². The molecule has 0 aromatic heterocycles. The van der Waals surface area contributed by atoms with Crippen LogP contribution in [-0.4, -0.2) is 18.0 Å². The van der Waals surface area contributed by atoms with Crippen molar-refractivity contribution in [1.29, 1.82) is 0 Å². The normalized spacial score (nSPS) is 12.4. The number of carbonyl (C=O) groups is 2. The van der Waals surface area contributed by atoms with Crippen molar-refractivity contribution in [2.75, 3.05) is 5.32 Å². The van der Waals surface area contributed by atoms with Crippen molar-refractivity contribution in [3.63, 3.8) is 0 Å². The molecule has 0 unspecified atom stereocenters.